The zero-order valence-corrected chi connectivity index (χ0v) is 20.4. The molecule has 2 aliphatic heterocycles. The van der Waals surface area contributed by atoms with E-state index in [1.165, 1.54) is 40.6 Å². The number of β-lactam (4-membered cyclic amide) rings is 1. The topological polar surface area (TPSA) is 79.6 Å². The molecular formula is C20H28N2O4S2Si. The molecule has 9 heteroatoms. The van der Waals surface area contributed by atoms with Crippen molar-refractivity contribution in [1.29, 1.82) is 5.26 Å². The molecule has 1 saturated heterocycles. The van der Waals surface area contributed by atoms with Crippen LogP contribution in [0.15, 0.2) is 34.1 Å². The molecule has 0 aliphatic carbocycles. The molecule has 0 aromatic carbocycles. The van der Waals surface area contributed by atoms with Crippen LogP contribution in [0.2, 0.25) is 18.1 Å². The number of esters is 1. The van der Waals surface area contributed by atoms with Crippen molar-refractivity contribution in [1.82, 2.24) is 4.90 Å². The van der Waals surface area contributed by atoms with Crippen molar-refractivity contribution in [3.8, 4) is 6.07 Å². The Kier molecular flexibility index (Phi) is 7.49. The van der Waals surface area contributed by atoms with E-state index in [1.54, 1.807) is 5.41 Å². The Labute approximate surface area is 182 Å². The summed E-state index contributed by atoms with van der Waals surface area (Å²) in [6, 6.07) is 1.93. The SMILES string of the molecule is C=CCOC(=O)C1=C(S/C=C\C#N)S[C@@H]2[C@@H]([C@@H](C)O[Si](C)(C)C(C)(C)C)C(=O)N12. The first-order valence-electron chi connectivity index (χ1n) is 9.37. The number of allylic oxidation sites excluding steroid dienone is 1. The average Bonchev–Trinajstić information content (AvgIpc) is 2.93. The number of hydrogen-bond donors (Lipinski definition) is 0. The molecule has 1 amide bonds. The summed E-state index contributed by atoms with van der Waals surface area (Å²) in [5.41, 5.74) is 0.246. The molecule has 1 fully saturated rings. The number of amides is 1. The van der Waals surface area contributed by atoms with Crippen LogP contribution in [0.3, 0.4) is 0 Å². The number of ether oxygens (including phenoxy) is 1. The van der Waals surface area contributed by atoms with Crippen LogP contribution in [-0.2, 0) is 18.8 Å². The van der Waals surface area contributed by atoms with Gasteiger partial charge in [0.25, 0.3) is 0 Å². The Balaban J connectivity index is 2.22. The largest absolute Gasteiger partial charge is 0.457 e. The molecule has 6 nitrogen and oxygen atoms in total. The number of hydrogen-bond acceptors (Lipinski definition) is 7. The monoisotopic (exact) mass is 452 g/mol. The van der Waals surface area contributed by atoms with Gasteiger partial charge in [-0.05, 0) is 30.5 Å². The van der Waals surface area contributed by atoms with E-state index in [9.17, 15) is 9.59 Å². The van der Waals surface area contributed by atoms with Gasteiger partial charge in [-0.25, -0.2) is 4.79 Å². The minimum Gasteiger partial charge on any atom is -0.457 e. The van der Waals surface area contributed by atoms with E-state index in [1.807, 2.05) is 13.0 Å². The van der Waals surface area contributed by atoms with Crippen LogP contribution in [0, 0.1) is 17.2 Å². The van der Waals surface area contributed by atoms with Crippen LogP contribution in [0.5, 0.6) is 0 Å². The summed E-state index contributed by atoms with van der Waals surface area (Å²) in [6.45, 7) is 16.4. The highest BCUT2D eigenvalue weighted by molar-refractivity contribution is 8.24. The van der Waals surface area contributed by atoms with Gasteiger partial charge in [0.15, 0.2) is 14.0 Å². The van der Waals surface area contributed by atoms with Crippen molar-refractivity contribution in [3.05, 3.63) is 34.1 Å². The van der Waals surface area contributed by atoms with Crippen LogP contribution in [0.4, 0.5) is 0 Å². The van der Waals surface area contributed by atoms with Crippen molar-refractivity contribution in [2.75, 3.05) is 6.61 Å². The first kappa shape index (κ1) is 23.8. The Hall–Kier alpha value is -1.47. The molecule has 0 N–H and O–H groups in total. The number of thioether (sulfide) groups is 2. The Morgan fingerprint density at radius 3 is 2.69 bits per heavy atom. The molecule has 158 valence electrons. The number of rotatable bonds is 8. The lowest BCUT2D eigenvalue weighted by atomic mass is 9.92. The molecule has 0 aromatic rings. The van der Waals surface area contributed by atoms with Gasteiger partial charge >= 0.3 is 5.97 Å². The first-order chi connectivity index (χ1) is 13.5. The molecule has 0 unspecified atom stereocenters. The summed E-state index contributed by atoms with van der Waals surface area (Å²) in [6.07, 6.45) is 2.57. The Morgan fingerprint density at radius 1 is 1.48 bits per heavy atom. The number of fused-ring (bicyclic) bond motifs is 1. The van der Waals surface area contributed by atoms with E-state index in [0.29, 0.717) is 4.24 Å². The summed E-state index contributed by atoms with van der Waals surface area (Å²) >= 11 is 2.70. The van der Waals surface area contributed by atoms with Crippen molar-refractivity contribution < 1.29 is 18.8 Å². The third-order valence-electron chi connectivity index (χ3n) is 5.38. The number of nitrogens with zero attached hydrogens (tertiary/aromatic N) is 2. The lowest BCUT2D eigenvalue weighted by molar-refractivity contribution is -0.157. The third-order valence-corrected chi connectivity index (χ3v) is 12.4. The Bertz CT molecular complexity index is 795. The molecule has 2 heterocycles. The number of carbonyl (C=O) groups is 2. The van der Waals surface area contributed by atoms with Crippen LogP contribution in [-0.4, -0.2) is 43.2 Å². The van der Waals surface area contributed by atoms with Crippen LogP contribution in [0.1, 0.15) is 27.7 Å². The lowest BCUT2D eigenvalue weighted by Gasteiger charge is -2.48. The quantitative estimate of drug-likeness (QED) is 0.175. The molecular weight excluding hydrogens is 424 g/mol. The van der Waals surface area contributed by atoms with Crippen molar-refractivity contribution in [3.63, 3.8) is 0 Å². The van der Waals surface area contributed by atoms with Crippen LogP contribution in [0.25, 0.3) is 0 Å². The molecule has 0 saturated carbocycles. The number of nitriles is 1. The lowest BCUT2D eigenvalue weighted by Crippen LogP contribution is -2.62. The van der Waals surface area contributed by atoms with Crippen molar-refractivity contribution >= 4 is 43.7 Å². The molecule has 3 atom stereocenters. The highest BCUT2D eigenvalue weighted by Crippen LogP contribution is 2.55. The predicted octanol–water partition coefficient (Wildman–Crippen LogP) is 4.60. The van der Waals surface area contributed by atoms with Gasteiger partial charge in [-0.2, -0.15) is 5.26 Å². The summed E-state index contributed by atoms with van der Waals surface area (Å²) in [5, 5.41) is 10.2. The van der Waals surface area contributed by atoms with E-state index in [4.69, 9.17) is 14.4 Å². The standard InChI is InChI=1S/C20H28N2O4S2Si/c1-8-11-25-18(24)15-19(27-12-9-10-21)28-17-14(16(23)22(15)17)13(2)26-29(6,7)20(3,4)5/h8-9,12-14,17H,1,11H2,2-7H3/b12-9-/t13-,14+,17-/m1/s1. The molecule has 0 radical (unpaired) electrons. The fraction of sp³-hybridized carbons (Fsp3) is 0.550. The fourth-order valence-electron chi connectivity index (χ4n) is 2.86. The van der Waals surface area contributed by atoms with Crippen molar-refractivity contribution in [2.24, 2.45) is 5.92 Å². The smallest absolute Gasteiger partial charge is 0.357 e. The molecule has 0 aromatic heterocycles. The van der Waals surface area contributed by atoms with Gasteiger partial charge in [-0.1, -0.05) is 56.9 Å². The molecule has 0 bridgehead atoms. The van der Waals surface area contributed by atoms with Crippen molar-refractivity contribution in [2.45, 2.75) is 57.3 Å². The summed E-state index contributed by atoms with van der Waals surface area (Å²) in [4.78, 5) is 27.1. The van der Waals surface area contributed by atoms with E-state index in [-0.39, 0.29) is 40.6 Å². The highest BCUT2D eigenvalue weighted by Gasteiger charge is 2.59. The molecule has 29 heavy (non-hydrogen) atoms. The van der Waals surface area contributed by atoms with Gasteiger partial charge in [0.05, 0.1) is 22.3 Å². The summed E-state index contributed by atoms with van der Waals surface area (Å²) in [5.74, 6) is -1.01. The molecule has 0 spiro atoms. The summed E-state index contributed by atoms with van der Waals surface area (Å²) < 4.78 is 12.3. The second kappa shape index (κ2) is 9.12. The van der Waals surface area contributed by atoms with Crippen LogP contribution < -0.4 is 0 Å². The molecule has 2 aliphatic rings. The highest BCUT2D eigenvalue weighted by atomic mass is 32.2. The molecule has 2 rings (SSSR count). The van der Waals surface area contributed by atoms with E-state index < -0.39 is 14.3 Å². The van der Waals surface area contributed by atoms with Gasteiger partial charge < -0.3 is 9.16 Å². The van der Waals surface area contributed by atoms with E-state index >= 15 is 0 Å². The van der Waals surface area contributed by atoms with Crippen LogP contribution >= 0.6 is 23.5 Å². The average molecular weight is 453 g/mol. The third kappa shape index (κ3) is 4.82. The maximum absolute atomic E-state index is 13.0. The van der Waals surface area contributed by atoms with Gasteiger partial charge in [0, 0.05) is 6.08 Å². The first-order valence-corrected chi connectivity index (χ1v) is 14.0. The predicted molar refractivity (Wildman–Crippen MR) is 120 cm³/mol. The zero-order valence-electron chi connectivity index (χ0n) is 17.7. The van der Waals surface area contributed by atoms with Gasteiger partial charge in [-0.15, -0.1) is 0 Å². The minimum atomic E-state index is -2.03. The fourth-order valence-corrected chi connectivity index (χ4v) is 6.83. The summed E-state index contributed by atoms with van der Waals surface area (Å²) in [7, 11) is -2.03. The second-order valence-corrected chi connectivity index (χ2v) is 15.5. The van der Waals surface area contributed by atoms with Gasteiger partial charge in [0.2, 0.25) is 5.91 Å². The van der Waals surface area contributed by atoms with E-state index in [2.05, 4.69) is 40.4 Å². The van der Waals surface area contributed by atoms with Gasteiger partial charge in [-0.3, -0.25) is 9.69 Å². The van der Waals surface area contributed by atoms with E-state index in [0.717, 1.165) is 0 Å². The maximum Gasteiger partial charge on any atom is 0.357 e. The Morgan fingerprint density at radius 2 is 2.14 bits per heavy atom. The second-order valence-electron chi connectivity index (χ2n) is 8.40. The maximum atomic E-state index is 13.0. The minimum absolute atomic E-state index is 0.0393. The number of carbonyl (C=O) groups excluding carboxylic acids is 2. The zero-order chi connectivity index (χ0) is 22.0. The normalized spacial score (nSPS) is 22.9. The van der Waals surface area contributed by atoms with Gasteiger partial charge in [0.1, 0.15) is 12.0 Å².